The molecular formula is C45H82F12N6O12S. The SMILES string of the molecule is C.C.C=C(NCCC[C@H](NC(=O)C(C)(C)OC)C(O)COC(C(F)(F)F)C(F)(F)F)NC(=O)OC(C)(C)C.COC(C)(C)C(=O)N[C@@H](CCCN)C(O)COC(C(F)(F)F)C(F)(F)F.CSC(C)=NC(=O)OC(C)(C)C. The third kappa shape index (κ3) is 37.0. The number of nitrogens with one attached hydrogen (secondary N) is 4. The maximum absolute atomic E-state index is 12.7. The van der Waals surface area contributed by atoms with Gasteiger partial charge in [0.1, 0.15) is 28.2 Å². The molecule has 0 fully saturated rings. The Morgan fingerprint density at radius 3 is 1.26 bits per heavy atom. The minimum atomic E-state index is -5.75. The van der Waals surface area contributed by atoms with Crippen molar-refractivity contribution in [3.05, 3.63) is 12.4 Å². The fraction of sp³-hybridized carbons (Fsp3) is 0.844. The zero-order valence-corrected chi connectivity index (χ0v) is 44.6. The van der Waals surface area contributed by atoms with E-state index in [2.05, 4.69) is 42.3 Å². The molecule has 0 aliphatic rings. The summed E-state index contributed by atoms with van der Waals surface area (Å²) in [5.41, 5.74) is 1.38. The van der Waals surface area contributed by atoms with Crippen molar-refractivity contribution in [2.24, 2.45) is 10.7 Å². The summed E-state index contributed by atoms with van der Waals surface area (Å²) < 4.78 is 179. The number of aliphatic hydroxyl groups is 2. The summed E-state index contributed by atoms with van der Waals surface area (Å²) in [6, 6.07) is -2.45. The van der Waals surface area contributed by atoms with E-state index in [4.69, 9.17) is 24.7 Å². The van der Waals surface area contributed by atoms with Gasteiger partial charge in [-0.3, -0.25) is 14.9 Å². The molecule has 2 unspecified atom stereocenters. The first kappa shape index (κ1) is 81.0. The second kappa shape index (κ2) is 34.9. The molecule has 0 saturated carbocycles. The molecule has 4 amide bonds. The lowest BCUT2D eigenvalue weighted by atomic mass is 10.0. The van der Waals surface area contributed by atoms with Crippen LogP contribution in [0.5, 0.6) is 0 Å². The highest BCUT2D eigenvalue weighted by atomic mass is 32.2. The van der Waals surface area contributed by atoms with Crippen LogP contribution < -0.4 is 27.0 Å². The Labute approximate surface area is 442 Å². The number of hydrogen-bond acceptors (Lipinski definition) is 15. The van der Waals surface area contributed by atoms with Crippen molar-refractivity contribution >= 4 is 40.8 Å². The molecule has 454 valence electrons. The fourth-order valence-corrected chi connectivity index (χ4v) is 4.96. The largest absolute Gasteiger partial charge is 0.444 e. The second-order valence-electron chi connectivity index (χ2n) is 18.7. The van der Waals surface area contributed by atoms with E-state index in [9.17, 15) is 82.1 Å². The molecule has 0 saturated heterocycles. The van der Waals surface area contributed by atoms with E-state index >= 15 is 0 Å². The smallest absolute Gasteiger partial charge is 0.434 e. The Hall–Kier alpha value is -3.88. The van der Waals surface area contributed by atoms with E-state index < -0.39 is 121 Å². The van der Waals surface area contributed by atoms with Gasteiger partial charge in [0.2, 0.25) is 12.2 Å². The Kier molecular flexibility index (Phi) is 37.2. The molecule has 4 atom stereocenters. The van der Waals surface area contributed by atoms with Crippen molar-refractivity contribution in [3.63, 3.8) is 0 Å². The van der Waals surface area contributed by atoms with Gasteiger partial charge in [0.15, 0.2) is 0 Å². The summed E-state index contributed by atoms with van der Waals surface area (Å²) in [7, 11) is 2.46. The molecule has 0 rings (SSSR count). The number of amides is 4. The minimum Gasteiger partial charge on any atom is -0.444 e. The minimum absolute atomic E-state index is 0. The highest BCUT2D eigenvalue weighted by Gasteiger charge is 2.59. The summed E-state index contributed by atoms with van der Waals surface area (Å²) in [5.74, 6) is -1.40. The zero-order valence-electron chi connectivity index (χ0n) is 43.8. The van der Waals surface area contributed by atoms with E-state index in [-0.39, 0.29) is 59.4 Å². The van der Waals surface area contributed by atoms with Gasteiger partial charge in [-0.1, -0.05) is 21.4 Å². The third-order valence-electron chi connectivity index (χ3n) is 9.07. The van der Waals surface area contributed by atoms with Crippen molar-refractivity contribution in [2.75, 3.05) is 46.8 Å². The van der Waals surface area contributed by atoms with Crippen LogP contribution in [0.2, 0.25) is 0 Å². The Morgan fingerprint density at radius 1 is 0.632 bits per heavy atom. The second-order valence-corrected chi connectivity index (χ2v) is 19.7. The number of nitrogens with two attached hydrogens (primary N) is 1. The van der Waals surface area contributed by atoms with Crippen molar-refractivity contribution in [1.82, 2.24) is 21.3 Å². The quantitative estimate of drug-likeness (QED) is 0.0219. The number of ether oxygens (including phenoxy) is 6. The summed E-state index contributed by atoms with van der Waals surface area (Å²) >= 11 is 1.43. The maximum Gasteiger partial charge on any atom is 0.434 e. The lowest BCUT2D eigenvalue weighted by Crippen LogP contribution is -2.53. The number of hydrogen-bond donors (Lipinski definition) is 7. The van der Waals surface area contributed by atoms with Crippen LogP contribution in [0.3, 0.4) is 0 Å². The molecule has 8 N–H and O–H groups in total. The Balaban J connectivity index is -0.000000366. The third-order valence-corrected chi connectivity index (χ3v) is 9.75. The summed E-state index contributed by atoms with van der Waals surface area (Å²) in [6.45, 7) is 18.9. The highest BCUT2D eigenvalue weighted by molar-refractivity contribution is 8.13. The number of methoxy groups -OCH3 is 2. The standard InChI is InChI=1S/C21H35F6N3O6.C14H24F6N2O4.C8H15NO2S.2CH4/c1-12(29-17(33)36-18(2,3)4)28-10-8-9-13(30-16(32)19(5,6)34-7)14(31)11-35-15(20(22,23)24)21(25,26)27;1-12(2,25-3)11(24)22-8(5-4-6-21)9(23)7-26-10(13(15,16)17)14(18,19)20;1-6(12-5)9-7(10)11-8(2,3)4;;/h13-15,28,31H,1,8-11H2,2-7H3,(H,29,33)(H,30,32);8-10,23H,4-7,21H2,1-3H3,(H,22,24);1-5H3;2*1H4/t13-,14?;8-,9?;;;/m00.../s1. The first-order valence-electron chi connectivity index (χ1n) is 22.1. The lowest BCUT2D eigenvalue weighted by Gasteiger charge is -2.30. The van der Waals surface area contributed by atoms with Crippen LogP contribution in [-0.2, 0) is 38.0 Å². The van der Waals surface area contributed by atoms with Crippen LogP contribution in [0.15, 0.2) is 17.4 Å². The Morgan fingerprint density at radius 2 is 0.974 bits per heavy atom. The summed E-state index contributed by atoms with van der Waals surface area (Å²) in [4.78, 5) is 50.9. The number of alkyl halides is 12. The molecule has 0 spiro atoms. The van der Waals surface area contributed by atoms with Gasteiger partial charge in [0.05, 0.1) is 42.5 Å². The predicted octanol–water partition coefficient (Wildman–Crippen LogP) is 8.61. The molecule has 0 aliphatic carbocycles. The first-order valence-corrected chi connectivity index (χ1v) is 23.4. The van der Waals surface area contributed by atoms with E-state index in [0.29, 0.717) is 5.04 Å². The lowest BCUT2D eigenvalue weighted by molar-refractivity contribution is -0.325. The number of nitrogens with zero attached hydrogens (tertiary/aromatic N) is 1. The molecular weight excluding hydrogens is 1080 g/mol. The number of carbonyl (C=O) groups excluding carboxylic acids is 4. The number of aliphatic imine (C=N–C) groups is 1. The molecule has 31 heteroatoms. The molecule has 0 aromatic rings. The van der Waals surface area contributed by atoms with Gasteiger partial charge in [-0.25, -0.2) is 9.59 Å². The Bertz CT molecular complexity index is 1710. The molecule has 0 bridgehead atoms. The van der Waals surface area contributed by atoms with Gasteiger partial charge < -0.3 is 60.3 Å². The number of aliphatic hydroxyl groups excluding tert-OH is 2. The monoisotopic (exact) mass is 1160 g/mol. The van der Waals surface area contributed by atoms with Gasteiger partial charge >= 0.3 is 36.9 Å². The molecule has 0 aromatic heterocycles. The van der Waals surface area contributed by atoms with Crippen LogP contribution in [0.1, 0.15) is 117 Å². The van der Waals surface area contributed by atoms with E-state index in [0.717, 1.165) is 0 Å². The number of rotatable bonds is 23. The predicted molar refractivity (Wildman–Crippen MR) is 262 cm³/mol. The van der Waals surface area contributed by atoms with Crippen LogP contribution in [0.25, 0.3) is 0 Å². The van der Waals surface area contributed by atoms with Crippen molar-refractivity contribution in [3.8, 4) is 0 Å². The van der Waals surface area contributed by atoms with Crippen molar-refractivity contribution in [1.29, 1.82) is 0 Å². The van der Waals surface area contributed by atoms with E-state index in [1.54, 1.807) is 27.7 Å². The number of alkyl carbamates (subject to hydrolysis) is 1. The van der Waals surface area contributed by atoms with E-state index in [1.807, 2.05) is 27.0 Å². The molecule has 0 aliphatic heterocycles. The van der Waals surface area contributed by atoms with Gasteiger partial charge in [0, 0.05) is 20.8 Å². The van der Waals surface area contributed by atoms with Gasteiger partial charge in [0.25, 0.3) is 11.8 Å². The molecule has 0 radical (unpaired) electrons. The summed E-state index contributed by atoms with van der Waals surface area (Å²) in [5, 5.41) is 30.7. The average Bonchev–Trinajstić information content (AvgIpc) is 3.20. The number of carbonyl (C=O) groups is 4. The van der Waals surface area contributed by atoms with Crippen LogP contribution >= 0.6 is 11.8 Å². The van der Waals surface area contributed by atoms with Crippen molar-refractivity contribution in [2.45, 2.75) is 200 Å². The summed E-state index contributed by atoms with van der Waals surface area (Å²) in [6.07, 6.45) is -33.8. The number of halogens is 12. The van der Waals surface area contributed by atoms with Crippen LogP contribution in [-0.4, -0.2) is 170 Å². The fourth-order valence-electron chi connectivity index (χ4n) is 4.79. The molecule has 0 heterocycles. The number of thioether (sulfide) groups is 1. The zero-order chi connectivity index (χ0) is 59.1. The molecule has 0 aromatic carbocycles. The van der Waals surface area contributed by atoms with Gasteiger partial charge in [-0.15, -0.1) is 11.8 Å². The highest BCUT2D eigenvalue weighted by Crippen LogP contribution is 2.37. The van der Waals surface area contributed by atoms with Gasteiger partial charge in [-0.2, -0.15) is 57.7 Å². The average molecular weight is 1160 g/mol. The maximum atomic E-state index is 12.7. The van der Waals surface area contributed by atoms with Gasteiger partial charge in [-0.05, 0) is 115 Å². The van der Waals surface area contributed by atoms with Crippen LogP contribution in [0.4, 0.5) is 62.3 Å². The van der Waals surface area contributed by atoms with E-state index in [1.165, 1.54) is 53.7 Å². The van der Waals surface area contributed by atoms with Crippen LogP contribution in [0, 0.1) is 0 Å². The molecule has 18 nitrogen and oxygen atoms in total. The molecule has 76 heavy (non-hydrogen) atoms. The van der Waals surface area contributed by atoms with Crippen molar-refractivity contribution < 1.29 is 110 Å². The topological polar surface area (TPSA) is 251 Å². The normalized spacial score (nSPS) is 14.4. The first-order chi connectivity index (χ1) is 33.1.